The zero-order valence-electron chi connectivity index (χ0n) is 12.4. The van der Waals surface area contributed by atoms with E-state index < -0.39 is 0 Å². The summed E-state index contributed by atoms with van der Waals surface area (Å²) in [5.74, 6) is 2.21. The Hall–Kier alpha value is -1.36. The molecule has 20 heavy (non-hydrogen) atoms. The van der Waals surface area contributed by atoms with Gasteiger partial charge < -0.3 is 15.0 Å². The van der Waals surface area contributed by atoms with E-state index in [1.807, 2.05) is 13.0 Å². The third-order valence-electron chi connectivity index (χ3n) is 4.44. The molecule has 5 heteroatoms. The Morgan fingerprint density at radius 3 is 2.95 bits per heavy atom. The highest BCUT2D eigenvalue weighted by Gasteiger charge is 2.30. The molecule has 0 aliphatic carbocycles. The third kappa shape index (κ3) is 2.87. The molecule has 2 saturated heterocycles. The molecule has 0 radical (unpaired) electrons. The van der Waals surface area contributed by atoms with Gasteiger partial charge in [-0.3, -0.25) is 0 Å². The van der Waals surface area contributed by atoms with Gasteiger partial charge in [0.15, 0.2) is 0 Å². The van der Waals surface area contributed by atoms with Crippen LogP contribution in [-0.2, 0) is 0 Å². The molecular weight excluding hydrogens is 252 g/mol. The van der Waals surface area contributed by atoms with Crippen molar-refractivity contribution in [2.24, 2.45) is 5.92 Å². The van der Waals surface area contributed by atoms with Crippen molar-refractivity contribution in [1.29, 1.82) is 0 Å². The smallest absolute Gasteiger partial charge is 0.228 e. The molecule has 2 aliphatic heterocycles. The summed E-state index contributed by atoms with van der Waals surface area (Å²) in [5, 5.41) is 3.64. The highest BCUT2D eigenvalue weighted by molar-refractivity contribution is 5.35. The van der Waals surface area contributed by atoms with Crippen LogP contribution in [0.1, 0.15) is 31.4 Å². The van der Waals surface area contributed by atoms with Crippen LogP contribution in [0.3, 0.4) is 0 Å². The molecule has 3 rings (SSSR count). The fraction of sp³-hybridized carbons (Fsp3) is 0.733. The number of ether oxygens (including phenoxy) is 1. The first-order chi connectivity index (χ1) is 9.76. The fourth-order valence-electron chi connectivity index (χ4n) is 3.40. The number of nitrogens with zero attached hydrogens (tertiary/aromatic N) is 3. The van der Waals surface area contributed by atoms with Crippen LogP contribution < -0.4 is 15.0 Å². The van der Waals surface area contributed by atoms with Crippen LogP contribution in [-0.4, -0.2) is 42.8 Å². The van der Waals surface area contributed by atoms with Gasteiger partial charge in [0.25, 0.3) is 0 Å². The molecule has 3 heterocycles. The van der Waals surface area contributed by atoms with Gasteiger partial charge in [-0.25, -0.2) is 4.98 Å². The molecule has 2 fully saturated rings. The number of rotatable bonds is 3. The standard InChI is InChI=1S/C15H24N4O/c1-11-9-14(20-2)18-15(17-11)19-8-4-5-12(10-19)13-6-3-7-16-13/h9,12-13,16H,3-8,10H2,1-2H3. The van der Waals surface area contributed by atoms with Crippen molar-refractivity contribution >= 4 is 5.95 Å². The van der Waals surface area contributed by atoms with Crippen LogP contribution in [0.2, 0.25) is 0 Å². The first kappa shape index (κ1) is 13.6. The summed E-state index contributed by atoms with van der Waals surface area (Å²) in [4.78, 5) is 11.4. The van der Waals surface area contributed by atoms with Gasteiger partial charge in [0.1, 0.15) is 0 Å². The van der Waals surface area contributed by atoms with Crippen LogP contribution in [0.15, 0.2) is 6.07 Å². The predicted molar refractivity (Wildman–Crippen MR) is 79.3 cm³/mol. The molecule has 110 valence electrons. The summed E-state index contributed by atoms with van der Waals surface area (Å²) in [7, 11) is 1.66. The van der Waals surface area contributed by atoms with E-state index in [0.29, 0.717) is 11.9 Å². The first-order valence-corrected chi connectivity index (χ1v) is 7.64. The number of nitrogens with one attached hydrogen (secondary N) is 1. The number of aromatic nitrogens is 2. The molecular formula is C15H24N4O. The molecule has 0 aromatic carbocycles. The van der Waals surface area contributed by atoms with Crippen LogP contribution in [0.5, 0.6) is 5.88 Å². The van der Waals surface area contributed by atoms with Gasteiger partial charge >= 0.3 is 0 Å². The molecule has 2 aliphatic rings. The SMILES string of the molecule is COc1cc(C)nc(N2CCCC(C3CCCN3)C2)n1. The minimum Gasteiger partial charge on any atom is -0.481 e. The van der Waals surface area contributed by atoms with E-state index in [1.165, 1.54) is 32.2 Å². The topological polar surface area (TPSA) is 50.3 Å². The molecule has 5 nitrogen and oxygen atoms in total. The largest absolute Gasteiger partial charge is 0.481 e. The second-order valence-corrected chi connectivity index (χ2v) is 5.90. The molecule has 1 N–H and O–H groups in total. The molecule has 0 saturated carbocycles. The maximum Gasteiger partial charge on any atom is 0.228 e. The third-order valence-corrected chi connectivity index (χ3v) is 4.44. The average Bonchev–Trinajstić information content (AvgIpc) is 3.01. The summed E-state index contributed by atoms with van der Waals surface area (Å²) >= 11 is 0. The normalized spacial score (nSPS) is 26.8. The summed E-state index contributed by atoms with van der Waals surface area (Å²) in [6.07, 6.45) is 5.17. The number of methoxy groups -OCH3 is 1. The maximum atomic E-state index is 5.26. The molecule has 2 atom stereocenters. The van der Waals surface area contributed by atoms with E-state index in [0.717, 1.165) is 30.6 Å². The Balaban J connectivity index is 1.74. The van der Waals surface area contributed by atoms with Gasteiger partial charge in [-0.1, -0.05) is 0 Å². The van der Waals surface area contributed by atoms with Gasteiger partial charge in [-0.2, -0.15) is 4.98 Å². The first-order valence-electron chi connectivity index (χ1n) is 7.64. The van der Waals surface area contributed by atoms with E-state index in [1.54, 1.807) is 7.11 Å². The Morgan fingerprint density at radius 2 is 2.20 bits per heavy atom. The van der Waals surface area contributed by atoms with Gasteiger partial charge in [-0.05, 0) is 45.1 Å². The molecule has 2 unspecified atom stereocenters. The van der Waals surface area contributed by atoms with E-state index in [9.17, 15) is 0 Å². The average molecular weight is 276 g/mol. The Kier molecular flexibility index (Phi) is 4.05. The van der Waals surface area contributed by atoms with Crippen molar-refractivity contribution in [3.8, 4) is 5.88 Å². The van der Waals surface area contributed by atoms with Gasteiger partial charge in [0.2, 0.25) is 11.8 Å². The Bertz CT molecular complexity index is 459. The monoisotopic (exact) mass is 276 g/mol. The van der Waals surface area contributed by atoms with E-state index >= 15 is 0 Å². The summed E-state index contributed by atoms with van der Waals surface area (Å²) < 4.78 is 5.26. The summed E-state index contributed by atoms with van der Waals surface area (Å²) in [6.45, 7) is 5.28. The van der Waals surface area contributed by atoms with Crippen LogP contribution in [0.25, 0.3) is 0 Å². The number of hydrogen-bond donors (Lipinski definition) is 1. The Morgan fingerprint density at radius 1 is 1.30 bits per heavy atom. The lowest BCUT2D eigenvalue weighted by Crippen LogP contribution is -2.44. The van der Waals surface area contributed by atoms with Gasteiger partial charge in [0, 0.05) is 30.9 Å². The van der Waals surface area contributed by atoms with Crippen LogP contribution >= 0.6 is 0 Å². The van der Waals surface area contributed by atoms with Crippen LogP contribution in [0, 0.1) is 12.8 Å². The fourth-order valence-corrected chi connectivity index (χ4v) is 3.40. The second kappa shape index (κ2) is 5.95. The molecule has 0 bridgehead atoms. The summed E-state index contributed by atoms with van der Waals surface area (Å²) in [5.41, 5.74) is 0.966. The number of anilines is 1. The molecule has 1 aromatic rings. The second-order valence-electron chi connectivity index (χ2n) is 5.90. The van der Waals surface area contributed by atoms with E-state index in [-0.39, 0.29) is 0 Å². The predicted octanol–water partition coefficient (Wildman–Crippen LogP) is 1.76. The van der Waals surface area contributed by atoms with Crippen molar-refractivity contribution in [2.75, 3.05) is 31.6 Å². The van der Waals surface area contributed by atoms with E-state index in [2.05, 4.69) is 20.2 Å². The zero-order chi connectivity index (χ0) is 13.9. The minimum atomic E-state index is 0.661. The molecule has 1 aromatic heterocycles. The van der Waals surface area contributed by atoms with Crippen molar-refractivity contribution in [3.05, 3.63) is 11.8 Å². The van der Waals surface area contributed by atoms with Gasteiger partial charge in [0.05, 0.1) is 7.11 Å². The van der Waals surface area contributed by atoms with Crippen LogP contribution in [0.4, 0.5) is 5.95 Å². The lowest BCUT2D eigenvalue weighted by Gasteiger charge is -2.36. The van der Waals surface area contributed by atoms with Crippen molar-refractivity contribution in [1.82, 2.24) is 15.3 Å². The highest BCUT2D eigenvalue weighted by Crippen LogP contribution is 2.27. The lowest BCUT2D eigenvalue weighted by molar-refractivity contribution is 0.325. The Labute approximate surface area is 120 Å². The van der Waals surface area contributed by atoms with Crippen molar-refractivity contribution < 1.29 is 4.74 Å². The van der Waals surface area contributed by atoms with E-state index in [4.69, 9.17) is 4.74 Å². The molecule has 0 spiro atoms. The highest BCUT2D eigenvalue weighted by atomic mass is 16.5. The minimum absolute atomic E-state index is 0.661. The molecule has 0 amide bonds. The summed E-state index contributed by atoms with van der Waals surface area (Å²) in [6, 6.07) is 2.56. The lowest BCUT2D eigenvalue weighted by atomic mass is 9.90. The van der Waals surface area contributed by atoms with Crippen molar-refractivity contribution in [2.45, 2.75) is 38.6 Å². The number of hydrogen-bond acceptors (Lipinski definition) is 5. The zero-order valence-corrected chi connectivity index (χ0v) is 12.4. The van der Waals surface area contributed by atoms with Crippen molar-refractivity contribution in [3.63, 3.8) is 0 Å². The number of piperidine rings is 1. The maximum absolute atomic E-state index is 5.26. The quantitative estimate of drug-likeness (QED) is 0.911. The van der Waals surface area contributed by atoms with Gasteiger partial charge in [-0.15, -0.1) is 0 Å². The number of aryl methyl sites for hydroxylation is 1.